The fraction of sp³-hybridized carbons (Fsp3) is 0.400. The smallest absolute Gasteiger partial charge is 0.222 e. The summed E-state index contributed by atoms with van der Waals surface area (Å²) in [6.45, 7) is 1.01. The predicted octanol–water partition coefficient (Wildman–Crippen LogP) is 1.97. The second-order valence-corrected chi connectivity index (χ2v) is 7.54. The number of rotatable bonds is 4. The van der Waals surface area contributed by atoms with Gasteiger partial charge >= 0.3 is 0 Å². The summed E-state index contributed by atoms with van der Waals surface area (Å²) >= 11 is 0. The van der Waals surface area contributed by atoms with Gasteiger partial charge in [-0.25, -0.2) is 12.7 Å². The minimum atomic E-state index is -3.27. The van der Waals surface area contributed by atoms with E-state index in [0.29, 0.717) is 19.0 Å². The number of nitrogens with two attached hydrogens (primary N) is 1. The lowest BCUT2D eigenvalue weighted by Crippen LogP contribution is -2.38. The molecular formula is C15H19N3O3S. The Balaban J connectivity index is 1.63. The van der Waals surface area contributed by atoms with E-state index >= 15 is 0 Å². The third kappa shape index (κ3) is 3.31. The van der Waals surface area contributed by atoms with Crippen LogP contribution < -0.4 is 5.73 Å². The molecule has 0 unspecified atom stereocenters. The Labute approximate surface area is 129 Å². The number of hydrogen-bond donors (Lipinski definition) is 1. The summed E-state index contributed by atoms with van der Waals surface area (Å²) in [4.78, 5) is 0. The van der Waals surface area contributed by atoms with Crippen LogP contribution in [-0.2, 0) is 15.8 Å². The van der Waals surface area contributed by atoms with Gasteiger partial charge in [0.05, 0.1) is 11.4 Å². The van der Waals surface area contributed by atoms with Crippen LogP contribution in [0.15, 0.2) is 40.9 Å². The zero-order valence-corrected chi connectivity index (χ0v) is 13.0. The predicted molar refractivity (Wildman–Crippen MR) is 83.5 cm³/mol. The standard InChI is InChI=1S/C15H19N3O3S/c16-15-10-14(17-21-15)13-6-8-18(9-7-13)22(19,20)11-12-4-2-1-3-5-12/h1-5,10,13H,6-9,11,16H2. The molecule has 0 radical (unpaired) electrons. The van der Waals surface area contributed by atoms with Crippen molar-refractivity contribution in [3.8, 4) is 0 Å². The Kier molecular flexibility index (Phi) is 4.17. The molecule has 0 atom stereocenters. The Hall–Kier alpha value is -1.86. The van der Waals surface area contributed by atoms with E-state index in [1.807, 2.05) is 30.3 Å². The van der Waals surface area contributed by atoms with Crippen LogP contribution in [0.2, 0.25) is 0 Å². The second kappa shape index (κ2) is 6.10. The van der Waals surface area contributed by atoms with Crippen LogP contribution >= 0.6 is 0 Å². The molecule has 7 heteroatoms. The van der Waals surface area contributed by atoms with Gasteiger partial charge in [-0.2, -0.15) is 0 Å². The average molecular weight is 321 g/mol. The van der Waals surface area contributed by atoms with Crippen molar-refractivity contribution in [3.05, 3.63) is 47.7 Å². The summed E-state index contributed by atoms with van der Waals surface area (Å²) in [5.74, 6) is 0.563. The van der Waals surface area contributed by atoms with Gasteiger partial charge in [0, 0.05) is 25.1 Å². The molecule has 1 aromatic heterocycles. The van der Waals surface area contributed by atoms with Gasteiger partial charge in [-0.15, -0.1) is 0 Å². The van der Waals surface area contributed by atoms with Crippen molar-refractivity contribution in [1.82, 2.24) is 9.46 Å². The van der Waals surface area contributed by atoms with E-state index in [1.165, 1.54) is 0 Å². The highest BCUT2D eigenvalue weighted by Crippen LogP contribution is 2.29. The minimum absolute atomic E-state index is 0.0510. The summed E-state index contributed by atoms with van der Waals surface area (Å²) in [6.07, 6.45) is 1.47. The lowest BCUT2D eigenvalue weighted by atomic mass is 9.95. The van der Waals surface area contributed by atoms with Crippen molar-refractivity contribution in [2.75, 3.05) is 18.8 Å². The zero-order chi connectivity index (χ0) is 15.6. The largest absolute Gasteiger partial charge is 0.368 e. The van der Waals surface area contributed by atoms with Gasteiger partial charge in [-0.05, 0) is 18.4 Å². The SMILES string of the molecule is Nc1cc(C2CCN(S(=O)(=O)Cc3ccccc3)CC2)no1. The molecule has 1 saturated heterocycles. The van der Waals surface area contributed by atoms with Crippen LogP contribution in [0, 0.1) is 0 Å². The van der Waals surface area contributed by atoms with Gasteiger partial charge in [-0.1, -0.05) is 35.5 Å². The minimum Gasteiger partial charge on any atom is -0.368 e. The summed E-state index contributed by atoms with van der Waals surface area (Å²) in [5.41, 5.74) is 7.16. The number of nitrogens with zero attached hydrogens (tertiary/aromatic N) is 2. The molecule has 0 spiro atoms. The highest BCUT2D eigenvalue weighted by molar-refractivity contribution is 7.88. The molecular weight excluding hydrogens is 302 g/mol. The average Bonchev–Trinajstić information content (AvgIpc) is 2.95. The zero-order valence-electron chi connectivity index (χ0n) is 12.2. The van der Waals surface area contributed by atoms with Crippen LogP contribution in [-0.4, -0.2) is 31.0 Å². The molecule has 0 bridgehead atoms. The number of benzene rings is 1. The summed E-state index contributed by atoms with van der Waals surface area (Å²) < 4.78 is 31.4. The van der Waals surface area contributed by atoms with Crippen molar-refractivity contribution < 1.29 is 12.9 Å². The molecule has 1 aromatic carbocycles. The molecule has 2 aromatic rings. The van der Waals surface area contributed by atoms with Crippen LogP contribution in [0.1, 0.15) is 30.0 Å². The molecule has 0 saturated carbocycles. The highest BCUT2D eigenvalue weighted by Gasteiger charge is 2.29. The number of hydrogen-bond acceptors (Lipinski definition) is 5. The highest BCUT2D eigenvalue weighted by atomic mass is 32.2. The summed E-state index contributed by atoms with van der Waals surface area (Å²) in [6, 6.07) is 11.0. The van der Waals surface area contributed by atoms with Crippen molar-refractivity contribution in [3.63, 3.8) is 0 Å². The van der Waals surface area contributed by atoms with Gasteiger partial charge in [0.1, 0.15) is 0 Å². The third-order valence-electron chi connectivity index (χ3n) is 4.00. The first-order chi connectivity index (χ1) is 10.5. The van der Waals surface area contributed by atoms with E-state index in [1.54, 1.807) is 10.4 Å². The fourth-order valence-electron chi connectivity index (χ4n) is 2.80. The van der Waals surface area contributed by atoms with Crippen LogP contribution in [0.4, 0.5) is 5.88 Å². The first kappa shape index (κ1) is 15.1. The van der Waals surface area contributed by atoms with Crippen molar-refractivity contribution in [1.29, 1.82) is 0 Å². The fourth-order valence-corrected chi connectivity index (χ4v) is 4.37. The molecule has 2 heterocycles. The van der Waals surface area contributed by atoms with E-state index in [0.717, 1.165) is 24.1 Å². The first-order valence-electron chi connectivity index (χ1n) is 7.28. The van der Waals surface area contributed by atoms with Gasteiger partial charge in [-0.3, -0.25) is 0 Å². The van der Waals surface area contributed by atoms with Crippen molar-refractivity contribution in [2.24, 2.45) is 0 Å². The monoisotopic (exact) mass is 321 g/mol. The van der Waals surface area contributed by atoms with Crippen molar-refractivity contribution in [2.45, 2.75) is 24.5 Å². The number of anilines is 1. The van der Waals surface area contributed by atoms with E-state index in [2.05, 4.69) is 5.16 Å². The number of piperidine rings is 1. The van der Waals surface area contributed by atoms with Crippen LogP contribution in [0.3, 0.4) is 0 Å². The second-order valence-electron chi connectivity index (χ2n) is 5.57. The maximum Gasteiger partial charge on any atom is 0.222 e. The molecule has 3 rings (SSSR count). The molecule has 0 amide bonds. The molecule has 1 fully saturated rings. The van der Waals surface area contributed by atoms with Gasteiger partial charge < -0.3 is 10.3 Å². The number of aromatic nitrogens is 1. The van der Waals surface area contributed by atoms with E-state index in [9.17, 15) is 8.42 Å². The molecule has 6 nitrogen and oxygen atoms in total. The van der Waals surface area contributed by atoms with Crippen molar-refractivity contribution >= 4 is 15.9 Å². The van der Waals surface area contributed by atoms with E-state index in [4.69, 9.17) is 10.3 Å². The van der Waals surface area contributed by atoms with Gasteiger partial charge in [0.25, 0.3) is 0 Å². The lowest BCUT2D eigenvalue weighted by molar-refractivity contribution is 0.309. The number of nitrogen functional groups attached to an aromatic ring is 1. The Bertz CT molecular complexity index is 720. The molecule has 2 N–H and O–H groups in total. The molecule has 118 valence electrons. The molecule has 22 heavy (non-hydrogen) atoms. The maximum absolute atomic E-state index is 12.5. The topological polar surface area (TPSA) is 89.4 Å². The van der Waals surface area contributed by atoms with Crippen LogP contribution in [0.5, 0.6) is 0 Å². The van der Waals surface area contributed by atoms with E-state index in [-0.39, 0.29) is 11.7 Å². The lowest BCUT2D eigenvalue weighted by Gasteiger charge is -2.30. The maximum atomic E-state index is 12.5. The van der Waals surface area contributed by atoms with Gasteiger partial charge in [0.2, 0.25) is 15.9 Å². The first-order valence-corrected chi connectivity index (χ1v) is 8.89. The van der Waals surface area contributed by atoms with Gasteiger partial charge in [0.15, 0.2) is 0 Å². The van der Waals surface area contributed by atoms with Crippen LogP contribution in [0.25, 0.3) is 0 Å². The Morgan fingerprint density at radius 3 is 2.50 bits per heavy atom. The Morgan fingerprint density at radius 1 is 1.23 bits per heavy atom. The normalized spacial score (nSPS) is 17.6. The Morgan fingerprint density at radius 2 is 1.91 bits per heavy atom. The molecule has 1 aliphatic heterocycles. The van der Waals surface area contributed by atoms with E-state index < -0.39 is 10.0 Å². The summed E-state index contributed by atoms with van der Waals surface area (Å²) in [5, 5.41) is 3.93. The number of sulfonamides is 1. The molecule has 1 aliphatic rings. The molecule has 0 aliphatic carbocycles. The summed E-state index contributed by atoms with van der Waals surface area (Å²) in [7, 11) is -3.27. The quantitative estimate of drug-likeness (QED) is 0.930. The third-order valence-corrected chi connectivity index (χ3v) is 5.85.